The van der Waals surface area contributed by atoms with Gasteiger partial charge in [0, 0.05) is 17.7 Å². The number of nitrogens with two attached hydrogens (primary N) is 2. The van der Waals surface area contributed by atoms with Gasteiger partial charge in [0.25, 0.3) is 0 Å². The smallest absolute Gasteiger partial charge is 0.188 e. The van der Waals surface area contributed by atoms with E-state index < -0.39 is 0 Å². The number of aliphatic imine (C=N–C) groups is 1. The van der Waals surface area contributed by atoms with Gasteiger partial charge in [-0.05, 0) is 40.0 Å². The molecule has 0 atom stereocenters. The Morgan fingerprint density at radius 2 is 1.44 bits per heavy atom. The van der Waals surface area contributed by atoms with Crippen molar-refractivity contribution in [2.75, 3.05) is 6.54 Å². The lowest BCUT2D eigenvalue weighted by Gasteiger charge is -2.14. The van der Waals surface area contributed by atoms with Crippen LogP contribution >= 0.6 is 0 Å². The number of pyridine rings is 1. The fraction of sp³-hybridized carbons (Fsp3) is 0.684. The highest BCUT2D eigenvalue weighted by atomic mass is 16.5. The molecule has 0 amide bonds. The second-order valence-electron chi connectivity index (χ2n) is 6.80. The molecule has 0 saturated carbocycles. The number of guanidine groups is 1. The lowest BCUT2D eigenvalue weighted by atomic mass is 10.0. The van der Waals surface area contributed by atoms with E-state index in [-0.39, 0.29) is 11.4 Å². The van der Waals surface area contributed by atoms with E-state index in [1.165, 1.54) is 25.7 Å². The number of nitrogens with zero attached hydrogens (tertiary/aromatic N) is 2. The molecule has 5 N–H and O–H groups in total. The number of rotatable bonds is 11. The summed E-state index contributed by atoms with van der Waals surface area (Å²) < 4.78 is 1.15. The first-order valence-corrected chi connectivity index (χ1v) is 9.32. The molecule has 0 unspecified atom stereocenters. The van der Waals surface area contributed by atoms with E-state index in [1.807, 2.05) is 6.92 Å². The van der Waals surface area contributed by atoms with Gasteiger partial charge in [-0.2, -0.15) is 4.73 Å². The molecule has 1 rings (SSSR count). The highest BCUT2D eigenvalue weighted by Crippen LogP contribution is 2.14. The fourth-order valence-corrected chi connectivity index (χ4v) is 3.07. The number of aromatic nitrogens is 1. The maximum atomic E-state index is 12.3. The predicted molar refractivity (Wildman–Crippen MR) is 103 cm³/mol. The molecule has 142 valence electrons. The summed E-state index contributed by atoms with van der Waals surface area (Å²) in [6, 6.07) is 0. The summed E-state index contributed by atoms with van der Waals surface area (Å²) in [4.78, 5) is 16.3. The van der Waals surface area contributed by atoms with E-state index in [2.05, 4.69) is 4.99 Å². The molecule has 0 saturated heterocycles. The van der Waals surface area contributed by atoms with E-state index in [0.717, 1.165) is 48.9 Å². The van der Waals surface area contributed by atoms with Crippen LogP contribution in [0.25, 0.3) is 0 Å². The Balaban J connectivity index is 2.21. The maximum Gasteiger partial charge on any atom is 0.188 e. The monoisotopic (exact) mass is 350 g/mol. The lowest BCUT2D eigenvalue weighted by molar-refractivity contribution is 0.169. The molecule has 0 fully saturated rings. The third kappa shape index (κ3) is 6.80. The van der Waals surface area contributed by atoms with Crippen LogP contribution in [0.5, 0.6) is 0 Å². The van der Waals surface area contributed by atoms with E-state index in [1.54, 1.807) is 13.8 Å². The lowest BCUT2D eigenvalue weighted by Crippen LogP contribution is -2.22. The second-order valence-corrected chi connectivity index (χ2v) is 6.80. The summed E-state index contributed by atoms with van der Waals surface area (Å²) in [6.45, 7) is 6.08. The first-order valence-electron chi connectivity index (χ1n) is 9.32. The largest absolute Gasteiger partial charge is 0.428 e. The fourth-order valence-electron chi connectivity index (χ4n) is 3.07. The molecule has 0 aliphatic rings. The van der Waals surface area contributed by atoms with Crippen molar-refractivity contribution in [3.05, 3.63) is 32.7 Å². The zero-order valence-electron chi connectivity index (χ0n) is 16.0. The third-order valence-corrected chi connectivity index (χ3v) is 4.86. The number of hydrogen-bond donors (Lipinski definition) is 3. The molecular formula is C19H34N4O2. The molecule has 1 aromatic heterocycles. The molecule has 0 aliphatic heterocycles. The van der Waals surface area contributed by atoms with Gasteiger partial charge in [0.2, 0.25) is 0 Å². The molecule has 0 aliphatic carbocycles. The predicted octanol–water partition coefficient (Wildman–Crippen LogP) is 2.95. The van der Waals surface area contributed by atoms with Crippen molar-refractivity contribution in [2.45, 2.75) is 78.6 Å². The van der Waals surface area contributed by atoms with Gasteiger partial charge in [-0.3, -0.25) is 9.79 Å². The summed E-state index contributed by atoms with van der Waals surface area (Å²) >= 11 is 0. The molecule has 25 heavy (non-hydrogen) atoms. The molecule has 0 aromatic carbocycles. The minimum Gasteiger partial charge on any atom is -0.428 e. The molecule has 0 bridgehead atoms. The van der Waals surface area contributed by atoms with Crippen LogP contribution in [-0.2, 0) is 6.42 Å². The van der Waals surface area contributed by atoms with Gasteiger partial charge in [-0.25, -0.2) is 0 Å². The van der Waals surface area contributed by atoms with Crippen molar-refractivity contribution in [3.8, 4) is 0 Å². The topological polar surface area (TPSA) is 107 Å². The van der Waals surface area contributed by atoms with Gasteiger partial charge in [-0.1, -0.05) is 38.5 Å². The van der Waals surface area contributed by atoms with Gasteiger partial charge in [0.1, 0.15) is 0 Å². The van der Waals surface area contributed by atoms with Crippen LogP contribution < -0.4 is 16.9 Å². The summed E-state index contributed by atoms with van der Waals surface area (Å²) in [5.41, 5.74) is 13.3. The van der Waals surface area contributed by atoms with Crippen LogP contribution in [0.2, 0.25) is 0 Å². The van der Waals surface area contributed by atoms with Crippen molar-refractivity contribution in [1.29, 1.82) is 0 Å². The molecular weight excluding hydrogens is 316 g/mol. The summed E-state index contributed by atoms with van der Waals surface area (Å²) in [7, 11) is 0. The van der Waals surface area contributed by atoms with Gasteiger partial charge < -0.3 is 16.7 Å². The highest BCUT2D eigenvalue weighted by Gasteiger charge is 2.13. The van der Waals surface area contributed by atoms with Gasteiger partial charge >= 0.3 is 0 Å². The molecule has 1 heterocycles. The van der Waals surface area contributed by atoms with Crippen molar-refractivity contribution in [1.82, 2.24) is 4.73 Å². The van der Waals surface area contributed by atoms with Crippen molar-refractivity contribution in [2.24, 2.45) is 16.5 Å². The zero-order valence-corrected chi connectivity index (χ0v) is 16.0. The molecule has 0 spiro atoms. The maximum absolute atomic E-state index is 12.3. The Morgan fingerprint density at radius 3 is 2.00 bits per heavy atom. The highest BCUT2D eigenvalue weighted by molar-refractivity contribution is 5.75. The first-order chi connectivity index (χ1) is 11.9. The van der Waals surface area contributed by atoms with Crippen LogP contribution in [0.1, 0.15) is 73.9 Å². The minimum atomic E-state index is 0.0843. The Kier molecular flexibility index (Phi) is 9.10. The van der Waals surface area contributed by atoms with E-state index in [0.29, 0.717) is 17.0 Å². The SMILES string of the molecule is Cc1c(C)n(O)c(C)c(CCCCCCCCCCN=C(N)N)c1=O. The number of unbranched alkanes of at least 4 members (excludes halogenated alkanes) is 7. The zero-order chi connectivity index (χ0) is 18.8. The van der Waals surface area contributed by atoms with Crippen LogP contribution in [-0.4, -0.2) is 22.4 Å². The van der Waals surface area contributed by atoms with Crippen molar-refractivity contribution < 1.29 is 5.21 Å². The van der Waals surface area contributed by atoms with Gasteiger partial charge in [-0.15, -0.1) is 0 Å². The minimum absolute atomic E-state index is 0.0843. The second kappa shape index (κ2) is 10.8. The molecule has 6 nitrogen and oxygen atoms in total. The van der Waals surface area contributed by atoms with E-state index >= 15 is 0 Å². The Hall–Kier alpha value is -1.98. The Morgan fingerprint density at radius 1 is 0.920 bits per heavy atom. The van der Waals surface area contributed by atoms with E-state index in [4.69, 9.17) is 11.5 Å². The van der Waals surface area contributed by atoms with Crippen LogP contribution in [0.15, 0.2) is 9.79 Å². The van der Waals surface area contributed by atoms with Crippen LogP contribution in [0.3, 0.4) is 0 Å². The normalized spacial score (nSPS) is 10.8. The van der Waals surface area contributed by atoms with Crippen LogP contribution in [0.4, 0.5) is 0 Å². The van der Waals surface area contributed by atoms with Crippen LogP contribution in [0, 0.1) is 20.8 Å². The summed E-state index contributed by atoms with van der Waals surface area (Å²) in [5, 5.41) is 10.0. The Bertz CT molecular complexity index is 631. The molecule has 1 aromatic rings. The Labute approximate surface area is 150 Å². The van der Waals surface area contributed by atoms with Crippen molar-refractivity contribution >= 4 is 5.96 Å². The first kappa shape index (κ1) is 21.1. The average Bonchev–Trinajstić information content (AvgIpc) is 2.58. The van der Waals surface area contributed by atoms with Crippen molar-refractivity contribution in [3.63, 3.8) is 0 Å². The van der Waals surface area contributed by atoms with E-state index in [9.17, 15) is 10.0 Å². The van der Waals surface area contributed by atoms with Gasteiger partial charge in [0.05, 0.1) is 11.4 Å². The quantitative estimate of drug-likeness (QED) is 0.247. The third-order valence-electron chi connectivity index (χ3n) is 4.86. The molecule has 6 heteroatoms. The summed E-state index contributed by atoms with van der Waals surface area (Å²) in [6.07, 6.45) is 9.90. The summed E-state index contributed by atoms with van der Waals surface area (Å²) in [5.74, 6) is 0.173. The average molecular weight is 351 g/mol. The number of hydrogen-bond acceptors (Lipinski definition) is 3. The molecule has 0 radical (unpaired) electrons. The standard InChI is InChI=1S/C19H34N4O2/c1-14-15(2)23(25)16(3)17(18(14)24)12-10-8-6-4-5-7-9-11-13-22-19(20)21/h25H,4-13H2,1-3H3,(H4,20,21,22). The van der Waals surface area contributed by atoms with Gasteiger partial charge in [0.15, 0.2) is 11.4 Å².